The van der Waals surface area contributed by atoms with Crippen LogP contribution < -0.4 is 0 Å². The minimum atomic E-state index is -0.742. The topological polar surface area (TPSA) is 49.4 Å². The van der Waals surface area contributed by atoms with Crippen molar-refractivity contribution >= 4 is 0 Å². The zero-order valence-corrected chi connectivity index (χ0v) is 20.3. The Hall–Kier alpha value is -1.02. The normalized spacial score (nSPS) is 45.1. The van der Waals surface area contributed by atoms with Crippen molar-refractivity contribution in [2.75, 3.05) is 13.1 Å². The van der Waals surface area contributed by atoms with Gasteiger partial charge in [-0.3, -0.25) is 4.90 Å². The molecule has 1 spiro atoms. The molecule has 33 heavy (non-hydrogen) atoms. The van der Waals surface area contributed by atoms with E-state index in [1.54, 1.807) is 0 Å². The van der Waals surface area contributed by atoms with Gasteiger partial charge in [-0.2, -0.15) is 0 Å². The molecular formula is C27H39NO5. The van der Waals surface area contributed by atoms with E-state index >= 15 is 0 Å². The van der Waals surface area contributed by atoms with E-state index in [0.29, 0.717) is 24.4 Å². The van der Waals surface area contributed by atoms with Crippen LogP contribution in [0.25, 0.3) is 0 Å². The number of ether oxygens (including phenoxy) is 3. The van der Waals surface area contributed by atoms with E-state index in [1.165, 1.54) is 43.5 Å². The van der Waals surface area contributed by atoms with Crippen LogP contribution in [0.15, 0.2) is 24.3 Å². The molecule has 2 bridgehead atoms. The summed E-state index contributed by atoms with van der Waals surface area (Å²) in [7, 11) is 0. The Morgan fingerprint density at radius 2 is 1.73 bits per heavy atom. The zero-order valence-electron chi connectivity index (χ0n) is 20.3. The van der Waals surface area contributed by atoms with Crippen LogP contribution in [0, 0.1) is 23.7 Å². The van der Waals surface area contributed by atoms with Gasteiger partial charge in [0.25, 0.3) is 0 Å². The van der Waals surface area contributed by atoms with Crippen LogP contribution in [0.3, 0.4) is 0 Å². The molecule has 1 aliphatic carbocycles. The van der Waals surface area contributed by atoms with Gasteiger partial charge in [-0.15, -0.1) is 0 Å². The molecule has 6 aliphatic rings. The third-order valence-electron chi connectivity index (χ3n) is 9.14. The minimum Gasteiger partial charge on any atom is -0.348 e. The van der Waals surface area contributed by atoms with Gasteiger partial charge in [-0.05, 0) is 75.1 Å². The molecule has 1 saturated carbocycles. The second-order valence-electron chi connectivity index (χ2n) is 11.4. The number of likely N-dealkylation sites (tertiary alicyclic amines) is 1. The van der Waals surface area contributed by atoms with Crippen LogP contribution in [-0.4, -0.2) is 42.0 Å². The molecule has 0 N–H and O–H groups in total. The fourth-order valence-electron chi connectivity index (χ4n) is 7.18. The predicted octanol–water partition coefficient (Wildman–Crippen LogP) is 5.01. The van der Waals surface area contributed by atoms with Crippen LogP contribution in [0.4, 0.5) is 0 Å². The summed E-state index contributed by atoms with van der Waals surface area (Å²) in [4.78, 5) is 14.7. The van der Waals surface area contributed by atoms with Crippen molar-refractivity contribution < 1.29 is 24.0 Å². The van der Waals surface area contributed by atoms with E-state index in [4.69, 9.17) is 24.0 Å². The highest BCUT2D eigenvalue weighted by molar-refractivity contribution is 5.22. The number of hydrogen-bond acceptors (Lipinski definition) is 6. The SMILES string of the molecule is C[C@H]1[C@@H](OCc2ccc(CN3CCCC3)cc2)O[C@@H]2O[C@@]3(C)CC[C@H]4[C@H](C)CC[C@@H]1[C@@]24OO3. The molecule has 0 aromatic heterocycles. The maximum atomic E-state index is 6.54. The Kier molecular flexibility index (Phi) is 5.83. The smallest absolute Gasteiger partial charge is 0.201 e. The molecule has 5 heterocycles. The molecule has 5 aliphatic heterocycles. The van der Waals surface area contributed by atoms with E-state index < -0.39 is 17.7 Å². The maximum absolute atomic E-state index is 6.54. The van der Waals surface area contributed by atoms with Crippen LogP contribution in [0.5, 0.6) is 0 Å². The summed E-state index contributed by atoms with van der Waals surface area (Å²) in [5.41, 5.74) is 2.03. The quantitative estimate of drug-likeness (QED) is 0.580. The van der Waals surface area contributed by atoms with E-state index in [0.717, 1.165) is 25.8 Å². The fourth-order valence-corrected chi connectivity index (χ4v) is 7.18. The van der Waals surface area contributed by atoms with Gasteiger partial charge in [0.15, 0.2) is 18.2 Å². The third kappa shape index (κ3) is 3.87. The first-order valence-corrected chi connectivity index (χ1v) is 13.1. The maximum Gasteiger partial charge on any atom is 0.201 e. The Bertz CT molecular complexity index is 841. The Balaban J connectivity index is 1.15. The Labute approximate surface area is 197 Å². The lowest BCUT2D eigenvalue weighted by atomic mass is 9.58. The van der Waals surface area contributed by atoms with E-state index in [1.807, 2.05) is 6.92 Å². The first-order chi connectivity index (χ1) is 16.0. The van der Waals surface area contributed by atoms with Gasteiger partial charge in [0.05, 0.1) is 6.61 Å². The van der Waals surface area contributed by atoms with Gasteiger partial charge in [-0.1, -0.05) is 38.1 Å². The first-order valence-electron chi connectivity index (χ1n) is 13.1. The zero-order chi connectivity index (χ0) is 22.6. The van der Waals surface area contributed by atoms with Gasteiger partial charge >= 0.3 is 0 Å². The molecule has 0 amide bonds. The van der Waals surface area contributed by atoms with Gasteiger partial charge in [0.2, 0.25) is 5.79 Å². The number of fused-ring (bicyclic) bond motifs is 2. The van der Waals surface area contributed by atoms with E-state index in [2.05, 4.69) is 43.0 Å². The fraction of sp³-hybridized carbons (Fsp3) is 0.778. The third-order valence-corrected chi connectivity index (χ3v) is 9.14. The second kappa shape index (κ2) is 8.58. The minimum absolute atomic E-state index is 0.209. The highest BCUT2D eigenvalue weighted by Crippen LogP contribution is 2.60. The highest BCUT2D eigenvalue weighted by Gasteiger charge is 2.69. The molecule has 7 rings (SSSR count). The van der Waals surface area contributed by atoms with Crippen molar-refractivity contribution in [1.82, 2.24) is 4.90 Å². The molecule has 1 aromatic rings. The average molecular weight is 458 g/mol. The molecule has 5 saturated heterocycles. The van der Waals surface area contributed by atoms with Crippen LogP contribution in [-0.2, 0) is 37.1 Å². The monoisotopic (exact) mass is 457 g/mol. The molecule has 0 unspecified atom stereocenters. The molecule has 182 valence electrons. The van der Waals surface area contributed by atoms with Crippen molar-refractivity contribution in [3.8, 4) is 0 Å². The first kappa shape index (κ1) is 22.4. The lowest BCUT2D eigenvalue weighted by Gasteiger charge is -2.60. The number of hydrogen-bond donors (Lipinski definition) is 0. The summed E-state index contributed by atoms with van der Waals surface area (Å²) in [5, 5.41) is 0. The van der Waals surface area contributed by atoms with Crippen molar-refractivity contribution in [2.45, 2.75) is 96.4 Å². The molecule has 6 heteroatoms. The summed E-state index contributed by atoms with van der Waals surface area (Å²) in [6.45, 7) is 10.6. The number of rotatable bonds is 5. The standard InChI is InChI=1S/C27H39NO5/c1-18-6-11-23-19(2)24(30-25-27(23)22(18)12-13-26(3,31-25)32-33-27)29-17-21-9-7-20(8-10-21)16-28-14-4-5-15-28/h7-10,18-19,22-25H,4-6,11-17H2,1-3H3/t18-,19-,22+,23+,24+,25-,26-,27-/m1/s1. The summed E-state index contributed by atoms with van der Waals surface area (Å²) >= 11 is 0. The van der Waals surface area contributed by atoms with Crippen LogP contribution in [0.1, 0.15) is 70.4 Å². The average Bonchev–Trinajstić information content (AvgIpc) is 3.22. The highest BCUT2D eigenvalue weighted by atomic mass is 17.3. The lowest BCUT2D eigenvalue weighted by molar-refractivity contribution is -0.577. The molecule has 8 atom stereocenters. The predicted molar refractivity (Wildman–Crippen MR) is 123 cm³/mol. The molecular weight excluding hydrogens is 418 g/mol. The van der Waals surface area contributed by atoms with Gasteiger partial charge in [0.1, 0.15) is 0 Å². The van der Waals surface area contributed by atoms with E-state index in [-0.39, 0.29) is 12.2 Å². The molecule has 0 radical (unpaired) electrons. The molecule has 6 nitrogen and oxygen atoms in total. The molecule has 6 fully saturated rings. The molecule has 1 aromatic carbocycles. The van der Waals surface area contributed by atoms with Crippen molar-refractivity contribution in [3.05, 3.63) is 35.4 Å². The van der Waals surface area contributed by atoms with Crippen molar-refractivity contribution in [2.24, 2.45) is 23.7 Å². The van der Waals surface area contributed by atoms with Crippen LogP contribution in [0.2, 0.25) is 0 Å². The van der Waals surface area contributed by atoms with Crippen molar-refractivity contribution in [1.29, 1.82) is 0 Å². The second-order valence-corrected chi connectivity index (χ2v) is 11.4. The summed E-state index contributed by atoms with van der Waals surface area (Å²) in [5.74, 6) is 0.725. The van der Waals surface area contributed by atoms with Crippen LogP contribution >= 0.6 is 0 Å². The number of benzene rings is 1. The Morgan fingerprint density at radius 1 is 0.970 bits per heavy atom. The van der Waals surface area contributed by atoms with Gasteiger partial charge in [0, 0.05) is 24.8 Å². The number of nitrogens with zero attached hydrogens (tertiary/aromatic N) is 1. The summed E-state index contributed by atoms with van der Waals surface area (Å²) in [6.07, 6.45) is 6.09. The largest absolute Gasteiger partial charge is 0.348 e. The lowest BCUT2D eigenvalue weighted by Crippen LogP contribution is -2.70. The Morgan fingerprint density at radius 3 is 2.52 bits per heavy atom. The van der Waals surface area contributed by atoms with Crippen molar-refractivity contribution in [3.63, 3.8) is 0 Å². The van der Waals surface area contributed by atoms with Gasteiger partial charge in [-0.25, -0.2) is 9.78 Å². The van der Waals surface area contributed by atoms with Gasteiger partial charge < -0.3 is 14.2 Å². The summed E-state index contributed by atoms with van der Waals surface area (Å²) < 4.78 is 19.4. The summed E-state index contributed by atoms with van der Waals surface area (Å²) in [6, 6.07) is 8.87. The van der Waals surface area contributed by atoms with E-state index in [9.17, 15) is 0 Å².